The normalized spacial score (nSPS) is 14.3. The minimum atomic E-state index is -0.572. The summed E-state index contributed by atoms with van der Waals surface area (Å²) in [5.74, 6) is 0. The van der Waals surface area contributed by atoms with Gasteiger partial charge in [-0.3, -0.25) is 0 Å². The lowest BCUT2D eigenvalue weighted by Crippen LogP contribution is -2.64. The summed E-state index contributed by atoms with van der Waals surface area (Å²) >= 11 is 2.01. The van der Waals surface area contributed by atoms with Crippen LogP contribution < -0.4 is 26.2 Å². The average Bonchev–Trinajstić information content (AvgIpc) is 3.82. The Hall–Kier alpha value is -6.62. The summed E-state index contributed by atoms with van der Waals surface area (Å²) in [5.41, 5.74) is 20.1. The topological polar surface area (TPSA) is 6.48 Å². The van der Waals surface area contributed by atoms with Crippen LogP contribution in [0.4, 0.5) is 34.1 Å². The van der Waals surface area contributed by atoms with Crippen molar-refractivity contribution >= 4 is 78.6 Å². The first-order valence-corrected chi connectivity index (χ1v) is 23.2. The first-order valence-electron chi connectivity index (χ1n) is 22.4. The molecule has 2 aliphatic heterocycles. The summed E-state index contributed by atoms with van der Waals surface area (Å²) in [6.07, 6.45) is 0. The maximum absolute atomic E-state index is 2.58. The molecule has 1 spiro atoms. The number of nitrogens with zero attached hydrogens (tertiary/aromatic N) is 2. The molecule has 8 aromatic carbocycles. The minimum absolute atomic E-state index is 0.00127. The van der Waals surface area contributed by atoms with E-state index in [1.807, 2.05) is 11.3 Å². The molecular formula is C59H49BN2S. The van der Waals surface area contributed by atoms with E-state index in [0.717, 1.165) is 22.7 Å². The van der Waals surface area contributed by atoms with Crippen LogP contribution in [0.15, 0.2) is 188 Å². The summed E-state index contributed by atoms with van der Waals surface area (Å²) in [7, 11) is 0. The number of hydrogen-bond acceptors (Lipinski definition) is 3. The van der Waals surface area contributed by atoms with E-state index in [4.69, 9.17) is 0 Å². The SMILES string of the molecule is CC(C)(C)c1ccc(N2c3ccccc3B3c4c2cc(N(c2ccccc2)c2ccccc2)cc4C2(c4ccccc4-c4ccccc42)c2sc4ccc(C(C)(C)C)cc4c23)cc1. The van der Waals surface area contributed by atoms with Crippen molar-refractivity contribution in [3.05, 3.63) is 221 Å². The molecule has 4 heteroatoms. The highest BCUT2D eigenvalue weighted by Gasteiger charge is 2.56. The summed E-state index contributed by atoms with van der Waals surface area (Å²) in [5, 5.41) is 1.38. The van der Waals surface area contributed by atoms with E-state index in [1.165, 1.54) is 81.7 Å². The standard InChI is InChI=1S/C59H49BN2S/c1-57(2,3)38-29-32-42(33-30-38)62-51-28-18-17-27-50(51)60-54-46-35-39(58(4,5)6)31-34-53(46)63-56(54)59(47-25-15-13-23-44(47)45-24-14-16-26-48(45)59)49-36-43(37-52(62)55(49)60)61(40-19-9-7-10-20-40)41-21-11-8-12-22-41/h7-37H,1-6H3. The molecule has 3 heterocycles. The molecule has 304 valence electrons. The first kappa shape index (κ1) is 38.1. The third-order valence-electron chi connectivity index (χ3n) is 14.0. The Morgan fingerprint density at radius 2 is 1.03 bits per heavy atom. The predicted molar refractivity (Wildman–Crippen MR) is 271 cm³/mol. The van der Waals surface area contributed by atoms with E-state index in [1.54, 1.807) is 0 Å². The van der Waals surface area contributed by atoms with Gasteiger partial charge in [0.25, 0.3) is 0 Å². The molecule has 0 N–H and O–H groups in total. The van der Waals surface area contributed by atoms with Crippen LogP contribution in [0.3, 0.4) is 0 Å². The molecule has 2 nitrogen and oxygen atoms in total. The summed E-state index contributed by atoms with van der Waals surface area (Å²) in [4.78, 5) is 6.48. The first-order chi connectivity index (χ1) is 30.5. The second kappa shape index (κ2) is 13.7. The summed E-state index contributed by atoms with van der Waals surface area (Å²) < 4.78 is 1.34. The van der Waals surface area contributed by atoms with Crippen LogP contribution >= 0.6 is 11.3 Å². The van der Waals surface area contributed by atoms with E-state index in [-0.39, 0.29) is 17.5 Å². The van der Waals surface area contributed by atoms with Gasteiger partial charge < -0.3 is 9.80 Å². The predicted octanol–water partition coefficient (Wildman–Crippen LogP) is 13.9. The van der Waals surface area contributed by atoms with E-state index in [9.17, 15) is 0 Å². The number of anilines is 6. The summed E-state index contributed by atoms with van der Waals surface area (Å²) in [6.45, 7) is 13.9. The van der Waals surface area contributed by atoms with Gasteiger partial charge in [-0.1, -0.05) is 169 Å². The zero-order valence-corrected chi connectivity index (χ0v) is 37.6. The van der Waals surface area contributed by atoms with Crippen LogP contribution in [0.25, 0.3) is 21.2 Å². The smallest absolute Gasteiger partial charge is 0.249 e. The Bertz CT molecular complexity index is 3180. The van der Waals surface area contributed by atoms with Crippen molar-refractivity contribution < 1.29 is 0 Å². The highest BCUT2D eigenvalue weighted by molar-refractivity contribution is 7.22. The van der Waals surface area contributed by atoms with E-state index < -0.39 is 5.41 Å². The molecule has 0 bridgehead atoms. The van der Waals surface area contributed by atoms with Crippen LogP contribution in [0.5, 0.6) is 0 Å². The van der Waals surface area contributed by atoms with Crippen molar-refractivity contribution in [2.75, 3.05) is 9.80 Å². The van der Waals surface area contributed by atoms with Gasteiger partial charge in [-0.2, -0.15) is 0 Å². The lowest BCUT2D eigenvalue weighted by atomic mass is 9.30. The molecule has 0 unspecified atom stereocenters. The van der Waals surface area contributed by atoms with Crippen molar-refractivity contribution in [2.45, 2.75) is 57.8 Å². The van der Waals surface area contributed by atoms with Crippen LogP contribution in [0, 0.1) is 0 Å². The van der Waals surface area contributed by atoms with Gasteiger partial charge in [0.2, 0.25) is 6.71 Å². The zero-order valence-electron chi connectivity index (χ0n) is 36.8. The Morgan fingerprint density at radius 1 is 0.476 bits per heavy atom. The Morgan fingerprint density at radius 3 is 1.65 bits per heavy atom. The van der Waals surface area contributed by atoms with Gasteiger partial charge >= 0.3 is 0 Å². The van der Waals surface area contributed by atoms with E-state index >= 15 is 0 Å². The Labute approximate surface area is 376 Å². The molecule has 0 atom stereocenters. The van der Waals surface area contributed by atoms with Crippen molar-refractivity contribution in [2.24, 2.45) is 0 Å². The quantitative estimate of drug-likeness (QED) is 0.163. The minimum Gasteiger partial charge on any atom is -0.311 e. The number of benzene rings is 8. The van der Waals surface area contributed by atoms with Crippen molar-refractivity contribution in [3.8, 4) is 11.1 Å². The fraction of sp³-hybridized carbons (Fsp3) is 0.153. The Balaban J connectivity index is 1.28. The van der Waals surface area contributed by atoms with Gasteiger partial charge in [0.05, 0.1) is 5.41 Å². The van der Waals surface area contributed by atoms with Crippen molar-refractivity contribution in [1.82, 2.24) is 0 Å². The highest BCUT2D eigenvalue weighted by Crippen LogP contribution is 2.60. The molecule has 0 amide bonds. The maximum Gasteiger partial charge on any atom is 0.249 e. The van der Waals surface area contributed by atoms with Gasteiger partial charge in [-0.15, -0.1) is 11.3 Å². The van der Waals surface area contributed by atoms with Crippen LogP contribution in [-0.2, 0) is 16.2 Å². The second-order valence-electron chi connectivity index (χ2n) is 19.7. The third-order valence-corrected chi connectivity index (χ3v) is 15.3. The third kappa shape index (κ3) is 5.50. The molecule has 12 rings (SSSR count). The maximum atomic E-state index is 2.58. The summed E-state index contributed by atoms with van der Waals surface area (Å²) in [6, 6.07) is 71.4. The molecule has 3 aliphatic rings. The molecule has 9 aromatic rings. The highest BCUT2D eigenvalue weighted by atomic mass is 32.1. The monoisotopic (exact) mass is 828 g/mol. The van der Waals surface area contributed by atoms with Gasteiger partial charge in [0.1, 0.15) is 0 Å². The molecule has 0 fully saturated rings. The lowest BCUT2D eigenvalue weighted by molar-refractivity contribution is 0.590. The molecule has 0 saturated heterocycles. The largest absolute Gasteiger partial charge is 0.311 e. The van der Waals surface area contributed by atoms with E-state index in [2.05, 4.69) is 239 Å². The van der Waals surface area contributed by atoms with E-state index in [0.29, 0.717) is 0 Å². The number of rotatable bonds is 4. The average molecular weight is 829 g/mol. The number of para-hydroxylation sites is 3. The van der Waals surface area contributed by atoms with Gasteiger partial charge in [-0.05, 0) is 132 Å². The zero-order chi connectivity index (χ0) is 42.8. The number of fused-ring (bicyclic) bond motifs is 13. The second-order valence-corrected chi connectivity index (χ2v) is 20.8. The molecule has 1 aliphatic carbocycles. The van der Waals surface area contributed by atoms with Gasteiger partial charge in [0, 0.05) is 43.7 Å². The molecule has 0 saturated carbocycles. The van der Waals surface area contributed by atoms with Gasteiger partial charge in [0.15, 0.2) is 0 Å². The van der Waals surface area contributed by atoms with Crippen LogP contribution in [-0.4, -0.2) is 6.71 Å². The van der Waals surface area contributed by atoms with Gasteiger partial charge in [-0.25, -0.2) is 0 Å². The number of thiophene rings is 1. The van der Waals surface area contributed by atoms with Crippen LogP contribution in [0.2, 0.25) is 0 Å². The fourth-order valence-electron chi connectivity index (χ4n) is 11.1. The van der Waals surface area contributed by atoms with Crippen LogP contribution in [0.1, 0.15) is 74.2 Å². The van der Waals surface area contributed by atoms with Crippen molar-refractivity contribution in [1.29, 1.82) is 0 Å². The fourth-order valence-corrected chi connectivity index (χ4v) is 12.6. The van der Waals surface area contributed by atoms with Crippen molar-refractivity contribution in [3.63, 3.8) is 0 Å². The lowest BCUT2D eigenvalue weighted by Gasteiger charge is -2.47. The Kier molecular flexibility index (Phi) is 8.28. The molecule has 63 heavy (non-hydrogen) atoms. The molecule has 1 aromatic heterocycles. The molecule has 0 radical (unpaired) electrons. The molecular weight excluding hydrogens is 780 g/mol. The number of hydrogen-bond donors (Lipinski definition) is 0.